The number of urea groups is 1. The molecule has 2 aromatic carbocycles. The summed E-state index contributed by atoms with van der Waals surface area (Å²) in [5.41, 5.74) is 0.470. The summed E-state index contributed by atoms with van der Waals surface area (Å²) in [5, 5.41) is 12.0. The van der Waals surface area contributed by atoms with Crippen molar-refractivity contribution in [2.45, 2.75) is 108 Å². The molecule has 16 nitrogen and oxygen atoms in total. The Morgan fingerprint density at radius 2 is 1.46 bits per heavy atom. The first-order valence-corrected chi connectivity index (χ1v) is 22.7. The van der Waals surface area contributed by atoms with E-state index in [0.29, 0.717) is 25.8 Å². The number of unbranched alkanes of at least 4 members (excludes halogenated alkanes) is 1. The van der Waals surface area contributed by atoms with Crippen LogP contribution in [0.3, 0.4) is 0 Å². The first-order chi connectivity index (χ1) is 28.1. The Kier molecular flexibility index (Phi) is 15.7. The van der Waals surface area contributed by atoms with Gasteiger partial charge in [-0.1, -0.05) is 34.1 Å². The van der Waals surface area contributed by atoms with E-state index in [1.807, 2.05) is 39.5 Å². The molecule has 322 valence electrons. The van der Waals surface area contributed by atoms with Gasteiger partial charge in [0.15, 0.2) is 5.78 Å². The summed E-state index contributed by atoms with van der Waals surface area (Å²) in [6.07, 6.45) is 3.56. The Morgan fingerprint density at radius 3 is 2.00 bits per heavy atom. The number of benzene rings is 2. The van der Waals surface area contributed by atoms with Crippen LogP contribution < -0.4 is 30.3 Å². The fraction of sp³-hybridized carbons (Fsp3) is 0.561. The van der Waals surface area contributed by atoms with Gasteiger partial charge in [-0.25, -0.2) is 18.9 Å². The summed E-state index contributed by atoms with van der Waals surface area (Å²) in [4.78, 5) is 78.9. The van der Waals surface area contributed by atoms with Gasteiger partial charge in [-0.3, -0.25) is 14.4 Å². The number of ether oxygens (including phenoxy) is 2. The van der Waals surface area contributed by atoms with E-state index in [1.54, 1.807) is 0 Å². The maximum atomic E-state index is 15.1. The van der Waals surface area contributed by atoms with Crippen molar-refractivity contribution in [2.24, 2.45) is 11.8 Å². The van der Waals surface area contributed by atoms with Crippen LogP contribution in [0.15, 0.2) is 48.5 Å². The van der Waals surface area contributed by atoms with Crippen molar-refractivity contribution in [3.05, 3.63) is 59.7 Å². The molecule has 6 atom stereocenters. The van der Waals surface area contributed by atoms with Gasteiger partial charge in [-0.15, -0.1) is 0 Å². The number of likely N-dealkylation sites (tertiary alicyclic amines) is 1. The molecule has 5 amide bonds. The molecule has 0 bridgehead atoms. The fourth-order valence-electron chi connectivity index (χ4n) is 7.47. The lowest BCUT2D eigenvalue weighted by Gasteiger charge is -2.33. The average molecular weight is 858 g/mol. The minimum atomic E-state index is -4.39. The quantitative estimate of drug-likeness (QED) is 0.0618. The van der Waals surface area contributed by atoms with E-state index in [0.717, 1.165) is 18.6 Å². The van der Waals surface area contributed by atoms with Gasteiger partial charge in [0.05, 0.1) is 37.4 Å². The molecule has 5 rings (SSSR count). The maximum absolute atomic E-state index is 15.1. The number of carbonyl (C=O) groups is 6. The van der Waals surface area contributed by atoms with Crippen molar-refractivity contribution in [1.29, 1.82) is 0 Å². The molecular weight excluding hydrogens is 802 g/mol. The van der Waals surface area contributed by atoms with Crippen LogP contribution in [0.1, 0.15) is 93.4 Å². The number of fused-ring (bicyclic) bond motifs is 1. The third kappa shape index (κ3) is 11.7. The molecule has 2 aromatic rings. The second-order valence-corrected chi connectivity index (χ2v) is 19.1. The Hall–Kier alpha value is -4.76. The van der Waals surface area contributed by atoms with Crippen LogP contribution in [0, 0.1) is 11.8 Å². The number of hydrogen-bond donors (Lipinski definition) is 4. The zero-order valence-corrected chi connectivity index (χ0v) is 36.1. The molecule has 0 aliphatic carbocycles. The monoisotopic (exact) mass is 857 g/mol. The Morgan fingerprint density at radius 1 is 0.864 bits per heavy atom. The molecule has 0 radical (unpaired) electrons. The zero-order chi connectivity index (χ0) is 42.9. The van der Waals surface area contributed by atoms with E-state index in [2.05, 4.69) is 21.3 Å². The summed E-state index contributed by atoms with van der Waals surface area (Å²) >= 11 is 1.82. The molecule has 3 saturated heterocycles. The SMILES string of the molecule is COC(=O)c1ccc(OP(=O)(Oc2ccc(C(=O)OC)cc2)C(CC(C)C)NC(=O)C2CCCN2C(=O)C(NC(=O)CCCCC2SCC3NC(=O)NC32)C(C)C)cc1. The minimum Gasteiger partial charge on any atom is -0.465 e. The van der Waals surface area contributed by atoms with Crippen molar-refractivity contribution in [3.8, 4) is 11.5 Å². The maximum Gasteiger partial charge on any atom is 0.452 e. The standard InChI is InChI=1S/C41H56N5O11PS/c1-24(2)22-34(58(53,56-28-17-13-26(14-18-28)39(50)54-5)57-29-19-15-27(16-20-29)40(51)55-6)44-37(48)31-10-9-21-46(31)38(49)35(25(3)4)43-33(47)12-8-7-11-32-36-30(23-59-32)42-41(52)45-36/h13-20,24-25,30-32,34-36H,7-12,21-23H2,1-6H3,(H,43,47)(H,44,48)(H2,42,45,52). The van der Waals surface area contributed by atoms with Gasteiger partial charge in [0, 0.05) is 24.0 Å². The number of esters is 2. The van der Waals surface area contributed by atoms with Gasteiger partial charge in [0.2, 0.25) is 17.7 Å². The summed E-state index contributed by atoms with van der Waals surface area (Å²) in [6, 6.07) is 9.84. The van der Waals surface area contributed by atoms with Crippen molar-refractivity contribution in [1.82, 2.24) is 26.2 Å². The summed E-state index contributed by atoms with van der Waals surface area (Å²) in [6.45, 7) is 7.74. The highest BCUT2D eigenvalue weighted by Crippen LogP contribution is 2.54. The molecule has 4 N–H and O–H groups in total. The van der Waals surface area contributed by atoms with Crippen LogP contribution in [-0.2, 0) is 28.4 Å². The predicted molar refractivity (Wildman–Crippen MR) is 221 cm³/mol. The van der Waals surface area contributed by atoms with Crippen molar-refractivity contribution >= 4 is 55.0 Å². The van der Waals surface area contributed by atoms with Gasteiger partial charge >= 0.3 is 25.6 Å². The molecular formula is C41H56N5O11PS. The number of thioether (sulfide) groups is 1. The molecule has 59 heavy (non-hydrogen) atoms. The van der Waals surface area contributed by atoms with E-state index in [4.69, 9.17) is 18.5 Å². The average Bonchev–Trinajstić information content (AvgIpc) is 3.94. The number of rotatable bonds is 19. The third-order valence-corrected chi connectivity index (χ3v) is 14.1. The van der Waals surface area contributed by atoms with Gasteiger partial charge < -0.3 is 44.7 Å². The molecule has 0 spiro atoms. The van der Waals surface area contributed by atoms with Crippen LogP contribution in [0.2, 0.25) is 0 Å². The summed E-state index contributed by atoms with van der Waals surface area (Å²) in [7, 11) is -1.88. The Labute approximate surface area is 349 Å². The molecule has 3 heterocycles. The number of amides is 5. The Bertz CT molecular complexity index is 1810. The summed E-state index contributed by atoms with van der Waals surface area (Å²) in [5.74, 6) is -2.87. The second-order valence-electron chi connectivity index (χ2n) is 15.8. The first-order valence-electron chi connectivity index (χ1n) is 20.1. The van der Waals surface area contributed by atoms with Crippen molar-refractivity contribution < 1.29 is 51.9 Å². The van der Waals surface area contributed by atoms with Crippen molar-refractivity contribution in [2.75, 3.05) is 26.5 Å². The molecule has 18 heteroatoms. The van der Waals surface area contributed by atoms with Crippen LogP contribution in [-0.4, -0.2) is 102 Å². The van der Waals surface area contributed by atoms with E-state index in [9.17, 15) is 28.8 Å². The van der Waals surface area contributed by atoms with Gasteiger partial charge in [0.1, 0.15) is 23.6 Å². The van der Waals surface area contributed by atoms with E-state index in [1.165, 1.54) is 67.7 Å². The number of hydrogen-bond acceptors (Lipinski definition) is 12. The molecule has 0 saturated carbocycles. The number of nitrogens with one attached hydrogen (secondary N) is 4. The lowest BCUT2D eigenvalue weighted by Crippen LogP contribution is -2.56. The summed E-state index contributed by atoms with van der Waals surface area (Å²) < 4.78 is 36.9. The normalized spacial score (nSPS) is 20.9. The third-order valence-electron chi connectivity index (χ3n) is 10.6. The van der Waals surface area contributed by atoms with Crippen LogP contribution in [0.25, 0.3) is 0 Å². The highest BCUT2D eigenvalue weighted by atomic mass is 32.2. The number of carbonyl (C=O) groups excluding carboxylic acids is 6. The predicted octanol–water partition coefficient (Wildman–Crippen LogP) is 5.26. The number of nitrogens with zero attached hydrogens (tertiary/aromatic N) is 1. The highest BCUT2D eigenvalue weighted by Gasteiger charge is 2.45. The topological polar surface area (TPSA) is 208 Å². The zero-order valence-electron chi connectivity index (χ0n) is 34.4. The van der Waals surface area contributed by atoms with Gasteiger partial charge in [-0.2, -0.15) is 11.8 Å². The van der Waals surface area contributed by atoms with Crippen LogP contribution >= 0.6 is 19.4 Å². The van der Waals surface area contributed by atoms with Gasteiger partial charge in [-0.05, 0) is 92.5 Å². The van der Waals surface area contributed by atoms with Crippen LogP contribution in [0.5, 0.6) is 11.5 Å². The van der Waals surface area contributed by atoms with E-state index < -0.39 is 43.3 Å². The largest absolute Gasteiger partial charge is 0.465 e. The highest BCUT2D eigenvalue weighted by molar-refractivity contribution is 8.00. The number of methoxy groups -OCH3 is 2. The fourth-order valence-corrected chi connectivity index (χ4v) is 11.1. The molecule has 3 fully saturated rings. The van der Waals surface area contributed by atoms with Gasteiger partial charge in [0.25, 0.3) is 0 Å². The first kappa shape index (κ1) is 45.3. The van der Waals surface area contributed by atoms with Crippen molar-refractivity contribution in [3.63, 3.8) is 0 Å². The minimum absolute atomic E-state index is 0.0917. The Balaban J connectivity index is 1.28. The molecule has 3 aliphatic heterocycles. The smallest absolute Gasteiger partial charge is 0.452 e. The van der Waals surface area contributed by atoms with E-state index >= 15 is 4.57 Å². The molecule has 6 unspecified atom stereocenters. The second kappa shape index (κ2) is 20.5. The molecule has 3 aliphatic rings. The lowest BCUT2D eigenvalue weighted by atomic mass is 10.0. The van der Waals surface area contributed by atoms with E-state index in [-0.39, 0.29) is 82.5 Å². The van der Waals surface area contributed by atoms with Crippen LogP contribution in [0.4, 0.5) is 4.79 Å². The molecule has 0 aromatic heterocycles. The lowest BCUT2D eigenvalue weighted by molar-refractivity contribution is -0.142.